The lowest BCUT2D eigenvalue weighted by Crippen LogP contribution is -2.53. The fraction of sp³-hybridized carbons (Fsp3) is 0.440. The van der Waals surface area contributed by atoms with Crippen molar-refractivity contribution in [1.82, 2.24) is 4.90 Å². The lowest BCUT2D eigenvalue weighted by molar-refractivity contribution is -0.127. The topological polar surface area (TPSA) is 150 Å². The Morgan fingerprint density at radius 2 is 1.74 bits per heavy atom. The predicted octanol–water partition coefficient (Wildman–Crippen LogP) is 1.15. The van der Waals surface area contributed by atoms with Crippen LogP contribution in [0.2, 0.25) is 0 Å². The number of carbonyl (C=O) groups excluding carboxylic acids is 4. The Labute approximate surface area is 202 Å². The van der Waals surface area contributed by atoms with Gasteiger partial charge in [0.1, 0.15) is 17.1 Å². The molecular formula is C25H29N3O7. The van der Waals surface area contributed by atoms with Crippen LogP contribution in [-0.2, 0) is 20.7 Å². The standard InChI is InChI=1S/C25H29N3O7/c1-27(2)14-7-6-11(25(34)35-5)16-12(14)8-10-9-13-17(21(30)15(10)20(16)29)22(31)18(24(26)33)23(32)19(13)28(3)4/h6-7,10,13,17,19,30,32H,8-9H2,1-5H3,(H2,26,33)/t10?,13?,17?,19-/m0/s1. The Bertz CT molecular complexity index is 1230. The molecule has 4 rings (SSSR count). The molecule has 1 aromatic rings. The van der Waals surface area contributed by atoms with Crippen LogP contribution in [0.4, 0.5) is 5.69 Å². The second-order valence-corrected chi connectivity index (χ2v) is 9.68. The van der Waals surface area contributed by atoms with E-state index in [4.69, 9.17) is 10.5 Å². The number of carbonyl (C=O) groups is 4. The van der Waals surface area contributed by atoms with Crippen LogP contribution in [-0.4, -0.2) is 79.9 Å². The minimum atomic E-state index is -1.21. The summed E-state index contributed by atoms with van der Waals surface area (Å²) >= 11 is 0. The highest BCUT2D eigenvalue weighted by molar-refractivity contribution is 6.22. The number of ether oxygens (including phenoxy) is 1. The van der Waals surface area contributed by atoms with Gasteiger partial charge in [-0.2, -0.15) is 0 Å². The van der Waals surface area contributed by atoms with Gasteiger partial charge in [-0.25, -0.2) is 4.79 Å². The van der Waals surface area contributed by atoms with Crippen molar-refractivity contribution in [3.63, 3.8) is 0 Å². The number of aliphatic hydroxyl groups is 2. The van der Waals surface area contributed by atoms with Crippen molar-refractivity contribution >= 4 is 29.1 Å². The predicted molar refractivity (Wildman–Crippen MR) is 126 cm³/mol. The second-order valence-electron chi connectivity index (χ2n) is 9.68. The number of fused-ring (bicyclic) bond motifs is 3. The number of anilines is 1. The number of primary amides is 1. The molecule has 10 heteroatoms. The molecule has 0 aliphatic heterocycles. The van der Waals surface area contributed by atoms with Crippen LogP contribution >= 0.6 is 0 Å². The molecule has 1 aromatic carbocycles. The molecule has 35 heavy (non-hydrogen) atoms. The first-order valence-corrected chi connectivity index (χ1v) is 11.2. The molecule has 4 N–H and O–H groups in total. The third-order valence-corrected chi connectivity index (χ3v) is 7.33. The maximum atomic E-state index is 13.8. The average Bonchev–Trinajstić information content (AvgIpc) is 2.76. The van der Waals surface area contributed by atoms with Gasteiger partial charge in [-0.1, -0.05) is 0 Å². The average molecular weight is 484 g/mol. The molecule has 10 nitrogen and oxygen atoms in total. The summed E-state index contributed by atoms with van der Waals surface area (Å²) in [6.45, 7) is 0. The highest BCUT2D eigenvalue weighted by Crippen LogP contribution is 2.50. The molecule has 0 fully saturated rings. The van der Waals surface area contributed by atoms with Gasteiger partial charge in [0.15, 0.2) is 11.6 Å². The van der Waals surface area contributed by atoms with E-state index in [9.17, 15) is 29.4 Å². The maximum Gasteiger partial charge on any atom is 0.338 e. The minimum Gasteiger partial charge on any atom is -0.511 e. The Balaban J connectivity index is 1.95. The first-order valence-electron chi connectivity index (χ1n) is 11.2. The molecule has 0 radical (unpaired) electrons. The van der Waals surface area contributed by atoms with Gasteiger partial charge >= 0.3 is 5.97 Å². The van der Waals surface area contributed by atoms with E-state index in [0.29, 0.717) is 18.4 Å². The lowest BCUT2D eigenvalue weighted by Gasteiger charge is -2.46. The van der Waals surface area contributed by atoms with Crippen molar-refractivity contribution in [3.8, 4) is 0 Å². The quantitative estimate of drug-likeness (QED) is 0.423. The van der Waals surface area contributed by atoms with E-state index < -0.39 is 64.3 Å². The fourth-order valence-electron chi connectivity index (χ4n) is 5.97. The number of likely N-dealkylation sites (N-methyl/N-ethyl adjacent to an activating group) is 1. The summed E-state index contributed by atoms with van der Waals surface area (Å²) in [4.78, 5) is 55.1. The summed E-state index contributed by atoms with van der Waals surface area (Å²) in [5.74, 6) is -6.25. The minimum absolute atomic E-state index is 0.0517. The number of amides is 1. The molecular weight excluding hydrogens is 454 g/mol. The third-order valence-electron chi connectivity index (χ3n) is 7.33. The van der Waals surface area contributed by atoms with Gasteiger partial charge in [0.05, 0.1) is 24.6 Å². The molecule has 0 bridgehead atoms. The number of nitrogens with zero attached hydrogens (tertiary/aromatic N) is 2. The Kier molecular flexibility index (Phi) is 5.96. The molecule has 0 saturated heterocycles. The zero-order valence-electron chi connectivity index (χ0n) is 20.3. The molecule has 4 atom stereocenters. The van der Waals surface area contributed by atoms with Crippen molar-refractivity contribution in [1.29, 1.82) is 0 Å². The van der Waals surface area contributed by atoms with Gasteiger partial charge < -0.3 is 25.6 Å². The number of aliphatic hydroxyl groups excluding tert-OH is 2. The Morgan fingerprint density at radius 3 is 2.29 bits per heavy atom. The summed E-state index contributed by atoms with van der Waals surface area (Å²) in [5, 5.41) is 22.2. The summed E-state index contributed by atoms with van der Waals surface area (Å²) in [5.41, 5.74) is 6.51. The number of rotatable bonds is 4. The number of hydrogen-bond acceptors (Lipinski definition) is 9. The Morgan fingerprint density at radius 1 is 1.09 bits per heavy atom. The number of methoxy groups -OCH3 is 1. The zero-order valence-corrected chi connectivity index (χ0v) is 20.3. The van der Waals surface area contributed by atoms with Crippen LogP contribution in [0.5, 0.6) is 0 Å². The van der Waals surface area contributed by atoms with Crippen LogP contribution in [0, 0.1) is 17.8 Å². The van der Waals surface area contributed by atoms with Gasteiger partial charge in [0.25, 0.3) is 5.91 Å². The van der Waals surface area contributed by atoms with E-state index in [2.05, 4.69) is 0 Å². The first kappa shape index (κ1) is 24.5. The Hall–Kier alpha value is -3.66. The summed E-state index contributed by atoms with van der Waals surface area (Å²) in [7, 11) is 8.26. The van der Waals surface area contributed by atoms with Crippen molar-refractivity contribution in [2.75, 3.05) is 40.2 Å². The largest absolute Gasteiger partial charge is 0.511 e. The van der Waals surface area contributed by atoms with Gasteiger partial charge in [-0.15, -0.1) is 0 Å². The summed E-state index contributed by atoms with van der Waals surface area (Å²) < 4.78 is 4.88. The van der Waals surface area contributed by atoms with E-state index in [1.807, 2.05) is 19.0 Å². The highest BCUT2D eigenvalue weighted by atomic mass is 16.5. The highest BCUT2D eigenvalue weighted by Gasteiger charge is 2.54. The number of esters is 1. The number of allylic oxidation sites excluding steroid dienone is 2. The van der Waals surface area contributed by atoms with Crippen molar-refractivity contribution in [3.05, 3.63) is 51.5 Å². The van der Waals surface area contributed by atoms with Crippen LogP contribution in [0.3, 0.4) is 0 Å². The van der Waals surface area contributed by atoms with Crippen LogP contribution in [0.1, 0.15) is 32.7 Å². The maximum absolute atomic E-state index is 13.8. The van der Waals surface area contributed by atoms with Crippen LogP contribution in [0.15, 0.2) is 34.8 Å². The normalized spacial score (nSPS) is 25.8. The van der Waals surface area contributed by atoms with Gasteiger partial charge in [-0.05, 0) is 56.5 Å². The van der Waals surface area contributed by atoms with Crippen molar-refractivity contribution < 1.29 is 34.1 Å². The number of benzene rings is 1. The van der Waals surface area contributed by atoms with Crippen molar-refractivity contribution in [2.45, 2.75) is 18.9 Å². The molecule has 3 unspecified atom stereocenters. The smallest absolute Gasteiger partial charge is 0.338 e. The van der Waals surface area contributed by atoms with E-state index in [1.54, 1.807) is 25.1 Å². The van der Waals surface area contributed by atoms with Crippen molar-refractivity contribution in [2.24, 2.45) is 23.5 Å². The number of nitrogens with two attached hydrogens (primary N) is 1. The van der Waals surface area contributed by atoms with E-state index in [-0.39, 0.29) is 16.7 Å². The second kappa shape index (κ2) is 8.53. The number of ketones is 2. The van der Waals surface area contributed by atoms with E-state index >= 15 is 0 Å². The molecule has 0 heterocycles. The van der Waals surface area contributed by atoms with Gasteiger partial charge in [0, 0.05) is 30.9 Å². The molecule has 0 aromatic heterocycles. The molecule has 0 spiro atoms. The molecule has 1 amide bonds. The monoisotopic (exact) mass is 483 g/mol. The number of hydrogen-bond donors (Lipinski definition) is 3. The lowest BCUT2D eigenvalue weighted by atomic mass is 9.60. The number of Topliss-reactive ketones (excluding diaryl/α,β-unsaturated/α-hetero) is 2. The first-order chi connectivity index (χ1) is 16.4. The molecule has 186 valence electrons. The zero-order chi connectivity index (χ0) is 25.9. The van der Waals surface area contributed by atoms with Gasteiger partial charge in [0.2, 0.25) is 0 Å². The summed E-state index contributed by atoms with van der Waals surface area (Å²) in [6, 6.07) is 2.51. The third kappa shape index (κ3) is 3.51. The molecule has 3 aliphatic rings. The van der Waals surface area contributed by atoms with E-state index in [0.717, 1.165) is 5.69 Å². The summed E-state index contributed by atoms with van der Waals surface area (Å²) in [6.07, 6.45) is 0.638. The van der Waals surface area contributed by atoms with E-state index in [1.165, 1.54) is 13.2 Å². The molecule has 3 aliphatic carbocycles. The molecule has 0 saturated carbocycles. The SMILES string of the molecule is COC(=O)c1ccc(N(C)C)c2c1C(=O)C1=C(O)C3C(=O)C(C(N)=O)=C(O)[C@@H](N(C)C)C3CC1C2. The van der Waals surface area contributed by atoms with Gasteiger partial charge in [-0.3, -0.25) is 19.3 Å². The van der Waals surface area contributed by atoms with Crippen LogP contribution in [0.25, 0.3) is 0 Å². The van der Waals surface area contributed by atoms with Crippen LogP contribution < -0.4 is 10.6 Å². The fourth-order valence-corrected chi connectivity index (χ4v) is 5.97.